The molecule has 1 atom stereocenters. The average Bonchev–Trinajstić information content (AvgIpc) is 2.73. The quantitative estimate of drug-likeness (QED) is 0.615. The molecule has 0 bridgehead atoms. The molecule has 1 aliphatic carbocycles. The molecule has 0 unspecified atom stereocenters. The van der Waals surface area contributed by atoms with Crippen LogP contribution >= 0.6 is 0 Å². The zero-order valence-electron chi connectivity index (χ0n) is 18.9. The van der Waals surface area contributed by atoms with Crippen molar-refractivity contribution < 1.29 is 28.2 Å². The summed E-state index contributed by atoms with van der Waals surface area (Å²) in [7, 11) is 2.88. The third kappa shape index (κ3) is 3.51. The summed E-state index contributed by atoms with van der Waals surface area (Å²) in [5.41, 5.74) is 0.879. The van der Waals surface area contributed by atoms with Crippen molar-refractivity contribution in [2.75, 3.05) is 7.11 Å². The molecule has 0 fully saturated rings. The van der Waals surface area contributed by atoms with Gasteiger partial charge in [0.05, 0.1) is 12.8 Å². The summed E-state index contributed by atoms with van der Waals surface area (Å²) in [6, 6.07) is 4.95. The van der Waals surface area contributed by atoms with Crippen LogP contribution < -0.4 is 14.9 Å². The lowest BCUT2D eigenvalue weighted by atomic mass is 9.67. The van der Waals surface area contributed by atoms with E-state index in [0.29, 0.717) is 34.1 Å². The second-order valence-electron chi connectivity index (χ2n) is 9.14. The van der Waals surface area contributed by atoms with E-state index in [9.17, 15) is 23.5 Å². The van der Waals surface area contributed by atoms with E-state index in [1.165, 1.54) is 23.9 Å². The Morgan fingerprint density at radius 1 is 1.33 bits per heavy atom. The molecule has 0 spiro atoms. The first-order valence-corrected chi connectivity index (χ1v) is 10.4. The second-order valence-corrected chi connectivity index (χ2v) is 9.14. The molecule has 3 aromatic rings. The minimum absolute atomic E-state index is 0.116. The number of fused-ring (bicyclic) bond motifs is 5. The Balaban J connectivity index is 2.21. The number of methoxy groups -OCH3 is 1. The number of aromatic carboxylic acids is 1. The summed E-state index contributed by atoms with van der Waals surface area (Å²) >= 11 is 0. The van der Waals surface area contributed by atoms with Crippen molar-refractivity contribution in [2.24, 2.45) is 12.5 Å². The molecule has 0 saturated carbocycles. The predicted molar refractivity (Wildman–Crippen MR) is 118 cm³/mol. The van der Waals surface area contributed by atoms with Gasteiger partial charge in [-0.25, -0.2) is 4.79 Å². The number of nitrogens with zero attached hydrogens (tertiary/aromatic N) is 2. The number of benzene rings is 1. The van der Waals surface area contributed by atoms with E-state index < -0.39 is 29.0 Å². The van der Waals surface area contributed by atoms with Gasteiger partial charge < -0.3 is 19.1 Å². The Labute approximate surface area is 188 Å². The Morgan fingerprint density at radius 2 is 2.03 bits per heavy atom. The van der Waals surface area contributed by atoms with Crippen LogP contribution in [-0.2, 0) is 13.5 Å². The molecular formula is C24H24F2N2O5. The molecule has 1 aromatic carbocycles. The molecular weight excluding hydrogens is 434 g/mol. The molecule has 174 valence electrons. The molecule has 1 N–H and O–H groups in total. The van der Waals surface area contributed by atoms with Gasteiger partial charge in [-0.15, -0.1) is 0 Å². The average molecular weight is 458 g/mol. The van der Waals surface area contributed by atoms with Crippen LogP contribution in [0.2, 0.25) is 0 Å². The van der Waals surface area contributed by atoms with Crippen LogP contribution in [0, 0.1) is 5.41 Å². The summed E-state index contributed by atoms with van der Waals surface area (Å²) in [4.78, 5) is 29.8. The third-order valence-electron chi connectivity index (χ3n) is 6.23. The molecule has 33 heavy (non-hydrogen) atoms. The van der Waals surface area contributed by atoms with E-state index in [1.807, 2.05) is 20.8 Å². The summed E-state index contributed by atoms with van der Waals surface area (Å²) in [6.07, 6.45) is 1.91. The van der Waals surface area contributed by atoms with Crippen molar-refractivity contribution in [2.45, 2.75) is 39.7 Å². The molecule has 9 heteroatoms. The number of halogens is 2. The number of pyridine rings is 2. The maximum absolute atomic E-state index is 13.5. The van der Waals surface area contributed by atoms with E-state index in [-0.39, 0.29) is 17.5 Å². The first-order chi connectivity index (χ1) is 15.5. The van der Waals surface area contributed by atoms with E-state index in [1.54, 1.807) is 19.2 Å². The fraction of sp³-hybridized carbons (Fsp3) is 0.375. The van der Waals surface area contributed by atoms with Crippen LogP contribution in [0.3, 0.4) is 0 Å². The van der Waals surface area contributed by atoms with Crippen LogP contribution in [0.25, 0.3) is 22.2 Å². The summed E-state index contributed by atoms with van der Waals surface area (Å²) < 4.78 is 38.0. The molecule has 7 nitrogen and oxygen atoms in total. The van der Waals surface area contributed by atoms with Crippen LogP contribution in [-0.4, -0.2) is 34.3 Å². The Hall–Kier alpha value is -3.49. The lowest BCUT2D eigenvalue weighted by molar-refractivity contribution is -0.0489. The minimum atomic E-state index is -3.06. The second kappa shape index (κ2) is 7.83. The Morgan fingerprint density at radius 3 is 2.61 bits per heavy atom. The number of carboxylic acids is 1. The highest BCUT2D eigenvalue weighted by Crippen LogP contribution is 2.50. The number of alkyl halides is 2. The van der Waals surface area contributed by atoms with Crippen LogP contribution in [0.4, 0.5) is 8.78 Å². The minimum Gasteiger partial charge on any atom is -0.481 e. The van der Waals surface area contributed by atoms with Gasteiger partial charge in [-0.2, -0.15) is 8.78 Å². The van der Waals surface area contributed by atoms with Gasteiger partial charge in [0.25, 0.3) is 0 Å². The SMILES string of the molecule is COc1c(C(=O)O)c(=O)c2c(n1C)-c1cc(OC(F)F)c3ncccc3c1C[C@@H]2C(C)(C)C. The molecule has 2 heterocycles. The highest BCUT2D eigenvalue weighted by atomic mass is 19.3. The molecule has 1 aliphatic rings. The first-order valence-electron chi connectivity index (χ1n) is 10.4. The topological polar surface area (TPSA) is 90.7 Å². The highest BCUT2D eigenvalue weighted by Gasteiger charge is 2.40. The third-order valence-corrected chi connectivity index (χ3v) is 6.23. The van der Waals surface area contributed by atoms with E-state index in [4.69, 9.17) is 9.47 Å². The van der Waals surface area contributed by atoms with Gasteiger partial charge in [0.15, 0.2) is 11.3 Å². The van der Waals surface area contributed by atoms with Crippen LogP contribution in [0.1, 0.15) is 48.2 Å². The fourth-order valence-electron chi connectivity index (χ4n) is 4.81. The smallest absolute Gasteiger partial charge is 0.387 e. The molecule has 2 aromatic heterocycles. The lowest BCUT2D eigenvalue weighted by Gasteiger charge is -2.38. The van der Waals surface area contributed by atoms with Crippen molar-refractivity contribution >= 4 is 16.9 Å². The number of hydrogen-bond acceptors (Lipinski definition) is 5. The van der Waals surface area contributed by atoms with Crippen LogP contribution in [0.5, 0.6) is 11.6 Å². The maximum atomic E-state index is 13.5. The van der Waals surface area contributed by atoms with Crippen LogP contribution in [0.15, 0.2) is 29.2 Å². The Bertz CT molecular complexity index is 1340. The van der Waals surface area contributed by atoms with Crippen molar-refractivity contribution in [1.82, 2.24) is 9.55 Å². The molecule has 4 rings (SSSR count). The summed E-state index contributed by atoms with van der Waals surface area (Å²) in [5, 5.41) is 10.4. The molecule has 0 saturated heterocycles. The summed E-state index contributed by atoms with van der Waals surface area (Å²) in [6.45, 7) is 2.87. The summed E-state index contributed by atoms with van der Waals surface area (Å²) in [5.74, 6) is -1.96. The largest absolute Gasteiger partial charge is 0.481 e. The Kier molecular flexibility index (Phi) is 5.38. The van der Waals surface area contributed by atoms with E-state index in [0.717, 1.165) is 5.56 Å². The highest BCUT2D eigenvalue weighted by molar-refractivity contribution is 5.96. The molecule has 0 radical (unpaired) electrons. The normalized spacial score (nSPS) is 15.3. The fourth-order valence-corrected chi connectivity index (χ4v) is 4.81. The lowest BCUT2D eigenvalue weighted by Crippen LogP contribution is -2.35. The van der Waals surface area contributed by atoms with Gasteiger partial charge in [-0.3, -0.25) is 9.78 Å². The molecule has 0 amide bonds. The number of carboxylic acid groups (broad SMARTS) is 1. The zero-order valence-corrected chi connectivity index (χ0v) is 18.9. The van der Waals surface area contributed by atoms with Crippen molar-refractivity contribution in [1.29, 1.82) is 0 Å². The van der Waals surface area contributed by atoms with Gasteiger partial charge in [0.1, 0.15) is 5.52 Å². The number of ether oxygens (including phenoxy) is 2. The van der Waals surface area contributed by atoms with Gasteiger partial charge in [0.2, 0.25) is 11.3 Å². The molecule has 0 aliphatic heterocycles. The van der Waals surface area contributed by atoms with Crippen molar-refractivity contribution in [3.05, 3.63) is 51.3 Å². The van der Waals surface area contributed by atoms with E-state index in [2.05, 4.69) is 4.98 Å². The monoisotopic (exact) mass is 458 g/mol. The number of rotatable bonds is 4. The number of hydrogen-bond donors (Lipinski definition) is 1. The van der Waals surface area contributed by atoms with Gasteiger partial charge >= 0.3 is 12.6 Å². The maximum Gasteiger partial charge on any atom is 0.387 e. The van der Waals surface area contributed by atoms with E-state index >= 15 is 0 Å². The zero-order chi connectivity index (χ0) is 24.2. The van der Waals surface area contributed by atoms with Gasteiger partial charge in [0, 0.05) is 29.8 Å². The first kappa shape index (κ1) is 22.7. The van der Waals surface area contributed by atoms with Gasteiger partial charge in [-0.05, 0) is 35.4 Å². The predicted octanol–water partition coefficient (Wildman–Crippen LogP) is 4.59. The van der Waals surface area contributed by atoms with Gasteiger partial charge in [-0.1, -0.05) is 26.8 Å². The number of aromatic nitrogens is 2. The van der Waals surface area contributed by atoms with Crippen molar-refractivity contribution in [3.8, 4) is 22.9 Å². The number of carbonyl (C=O) groups is 1. The van der Waals surface area contributed by atoms with Crippen molar-refractivity contribution in [3.63, 3.8) is 0 Å². The standard InChI is InChI=1S/C24H24F2N2O5/c1-24(2,3)14-9-12-11-7-6-8-27-18(11)15(33-23(25)26)10-13(12)19-16(14)20(29)17(22(30)31)21(32-5)28(19)4/h6-8,10,14,23H,9H2,1-5H3,(H,30,31)/t14-/m0/s1.